The first-order valence-electron chi connectivity index (χ1n) is 5.53. The normalized spacial score (nSPS) is 12.9. The first-order chi connectivity index (χ1) is 7.34. The van der Waals surface area contributed by atoms with Crippen molar-refractivity contribution in [2.24, 2.45) is 13.0 Å². The first-order valence-corrected chi connectivity index (χ1v) is 5.53. The Bertz CT molecular complexity index is 382. The maximum Gasteiger partial charge on any atom is 0.270 e. The van der Waals surface area contributed by atoms with Crippen LogP contribution >= 0.6 is 0 Å². The van der Waals surface area contributed by atoms with E-state index < -0.39 is 0 Å². The van der Waals surface area contributed by atoms with Gasteiger partial charge in [0.25, 0.3) is 5.91 Å². The zero-order valence-electron chi connectivity index (χ0n) is 10.7. The Morgan fingerprint density at radius 3 is 2.38 bits per heavy atom. The van der Waals surface area contributed by atoms with Gasteiger partial charge in [-0.15, -0.1) is 0 Å². The number of aryl methyl sites for hydroxylation is 1. The molecule has 0 spiro atoms. The highest BCUT2D eigenvalue weighted by Crippen LogP contribution is 2.15. The number of carbonyl (C=O) groups excluding carboxylic acids is 1. The van der Waals surface area contributed by atoms with Gasteiger partial charge in [-0.2, -0.15) is 0 Å². The average Bonchev–Trinajstić information content (AvgIpc) is 2.54. The molecule has 0 saturated heterocycles. The molecular weight excluding hydrogens is 202 g/mol. The van der Waals surface area contributed by atoms with Crippen LogP contribution < -0.4 is 5.73 Å². The lowest BCUT2D eigenvalue weighted by Gasteiger charge is -2.28. The highest BCUT2D eigenvalue weighted by Gasteiger charge is 2.21. The van der Waals surface area contributed by atoms with Gasteiger partial charge < -0.3 is 15.2 Å². The van der Waals surface area contributed by atoms with Gasteiger partial charge in [0.05, 0.1) is 5.69 Å². The zero-order chi connectivity index (χ0) is 12.5. The number of aromatic nitrogens is 1. The van der Waals surface area contributed by atoms with E-state index in [0.717, 1.165) is 0 Å². The van der Waals surface area contributed by atoms with Gasteiger partial charge in [-0.1, -0.05) is 13.8 Å². The predicted molar refractivity (Wildman–Crippen MR) is 66.2 cm³/mol. The largest absolute Gasteiger partial charge is 0.397 e. The molecule has 0 saturated carbocycles. The van der Waals surface area contributed by atoms with Crippen LogP contribution in [0.3, 0.4) is 0 Å². The number of nitrogens with zero attached hydrogens (tertiary/aromatic N) is 2. The molecule has 0 radical (unpaired) electrons. The number of nitrogen functional groups attached to an aromatic ring is 1. The minimum Gasteiger partial charge on any atom is -0.397 e. The second-order valence-electron chi connectivity index (χ2n) is 4.67. The van der Waals surface area contributed by atoms with Crippen LogP contribution in [0.5, 0.6) is 0 Å². The highest BCUT2D eigenvalue weighted by molar-refractivity contribution is 5.93. The summed E-state index contributed by atoms with van der Waals surface area (Å²) < 4.78 is 1.77. The number of carbonyl (C=O) groups is 1. The first kappa shape index (κ1) is 12.6. The fraction of sp³-hybridized carbons (Fsp3) is 0.583. The maximum atomic E-state index is 12.2. The summed E-state index contributed by atoms with van der Waals surface area (Å²) in [6.07, 6.45) is 1.75. The van der Waals surface area contributed by atoms with E-state index in [1.807, 2.05) is 14.1 Å². The Morgan fingerprint density at radius 2 is 2.00 bits per heavy atom. The van der Waals surface area contributed by atoms with Gasteiger partial charge in [0.1, 0.15) is 5.69 Å². The summed E-state index contributed by atoms with van der Waals surface area (Å²) in [5.41, 5.74) is 6.92. The van der Waals surface area contributed by atoms with Crippen molar-refractivity contribution in [2.75, 3.05) is 12.8 Å². The van der Waals surface area contributed by atoms with Gasteiger partial charge in [0.15, 0.2) is 0 Å². The zero-order valence-corrected chi connectivity index (χ0v) is 10.7. The molecule has 1 amide bonds. The number of rotatable bonds is 3. The molecule has 1 atom stereocenters. The Morgan fingerprint density at radius 1 is 1.44 bits per heavy atom. The van der Waals surface area contributed by atoms with Crippen LogP contribution in [-0.2, 0) is 7.05 Å². The summed E-state index contributed by atoms with van der Waals surface area (Å²) in [4.78, 5) is 13.9. The average molecular weight is 223 g/mol. The number of amides is 1. The van der Waals surface area contributed by atoms with Crippen molar-refractivity contribution >= 4 is 11.6 Å². The van der Waals surface area contributed by atoms with E-state index in [1.165, 1.54) is 0 Å². The summed E-state index contributed by atoms with van der Waals surface area (Å²) in [5.74, 6) is 0.451. The summed E-state index contributed by atoms with van der Waals surface area (Å²) in [6, 6.07) is 1.93. The third-order valence-corrected chi connectivity index (χ3v) is 3.14. The molecule has 2 N–H and O–H groups in total. The second-order valence-corrected chi connectivity index (χ2v) is 4.67. The van der Waals surface area contributed by atoms with Crippen LogP contribution in [0.15, 0.2) is 12.3 Å². The summed E-state index contributed by atoms with van der Waals surface area (Å²) in [5, 5.41) is 0. The molecule has 90 valence electrons. The fourth-order valence-electron chi connectivity index (χ4n) is 1.62. The van der Waals surface area contributed by atoms with Crippen LogP contribution in [-0.4, -0.2) is 28.5 Å². The van der Waals surface area contributed by atoms with Crippen molar-refractivity contribution in [3.63, 3.8) is 0 Å². The summed E-state index contributed by atoms with van der Waals surface area (Å²) >= 11 is 0. The van der Waals surface area contributed by atoms with Crippen LogP contribution in [0.1, 0.15) is 31.3 Å². The third kappa shape index (κ3) is 2.38. The molecular formula is C12H21N3O. The molecule has 0 aliphatic rings. The molecule has 1 rings (SSSR count). The van der Waals surface area contributed by atoms with Gasteiger partial charge in [0.2, 0.25) is 0 Å². The molecule has 1 heterocycles. The van der Waals surface area contributed by atoms with Crippen molar-refractivity contribution < 1.29 is 4.79 Å². The lowest BCUT2D eigenvalue weighted by Crippen LogP contribution is -2.38. The monoisotopic (exact) mass is 223 g/mol. The van der Waals surface area contributed by atoms with Crippen molar-refractivity contribution in [3.8, 4) is 0 Å². The molecule has 16 heavy (non-hydrogen) atoms. The van der Waals surface area contributed by atoms with E-state index in [4.69, 9.17) is 5.73 Å². The molecule has 1 aromatic rings. The third-order valence-electron chi connectivity index (χ3n) is 3.14. The SMILES string of the molecule is CC(C)C(C)N(C)C(=O)c1cc(N)cn1C. The van der Waals surface area contributed by atoms with Crippen molar-refractivity contribution in [2.45, 2.75) is 26.8 Å². The minimum atomic E-state index is 0.0143. The highest BCUT2D eigenvalue weighted by atomic mass is 16.2. The van der Waals surface area contributed by atoms with E-state index in [2.05, 4.69) is 20.8 Å². The van der Waals surface area contributed by atoms with Crippen molar-refractivity contribution in [1.82, 2.24) is 9.47 Å². The standard InChI is InChI=1S/C12H21N3O/c1-8(2)9(3)15(5)12(16)11-6-10(13)7-14(11)4/h6-9H,13H2,1-5H3. The van der Waals surface area contributed by atoms with Gasteiger partial charge in [-0.25, -0.2) is 0 Å². The molecule has 0 fully saturated rings. The van der Waals surface area contributed by atoms with Gasteiger partial charge in [-0.3, -0.25) is 4.79 Å². The molecule has 0 bridgehead atoms. The van der Waals surface area contributed by atoms with Crippen LogP contribution in [0.25, 0.3) is 0 Å². The van der Waals surface area contributed by atoms with Gasteiger partial charge in [0, 0.05) is 26.3 Å². The predicted octanol–water partition coefficient (Wildman–Crippen LogP) is 1.72. The second kappa shape index (κ2) is 4.60. The Hall–Kier alpha value is -1.45. The molecule has 1 unspecified atom stereocenters. The van der Waals surface area contributed by atoms with E-state index in [-0.39, 0.29) is 11.9 Å². The topological polar surface area (TPSA) is 51.3 Å². The summed E-state index contributed by atoms with van der Waals surface area (Å²) in [6.45, 7) is 6.26. The van der Waals surface area contributed by atoms with E-state index in [1.54, 1.807) is 21.7 Å². The van der Waals surface area contributed by atoms with Crippen LogP contribution in [0.2, 0.25) is 0 Å². The maximum absolute atomic E-state index is 12.2. The van der Waals surface area contributed by atoms with E-state index in [0.29, 0.717) is 17.3 Å². The molecule has 0 aromatic carbocycles. The molecule has 0 aliphatic carbocycles. The quantitative estimate of drug-likeness (QED) is 0.848. The Kier molecular flexibility index (Phi) is 3.62. The van der Waals surface area contributed by atoms with E-state index >= 15 is 0 Å². The van der Waals surface area contributed by atoms with Gasteiger partial charge in [-0.05, 0) is 18.9 Å². The molecule has 1 aromatic heterocycles. The smallest absolute Gasteiger partial charge is 0.270 e. The van der Waals surface area contributed by atoms with Crippen LogP contribution in [0, 0.1) is 5.92 Å². The number of anilines is 1. The van der Waals surface area contributed by atoms with Crippen molar-refractivity contribution in [1.29, 1.82) is 0 Å². The number of hydrogen-bond acceptors (Lipinski definition) is 2. The van der Waals surface area contributed by atoms with Crippen molar-refractivity contribution in [3.05, 3.63) is 18.0 Å². The molecule has 4 heteroatoms. The lowest BCUT2D eigenvalue weighted by molar-refractivity contribution is 0.0697. The molecule has 0 aliphatic heterocycles. The minimum absolute atomic E-state index is 0.0143. The number of nitrogens with two attached hydrogens (primary N) is 1. The van der Waals surface area contributed by atoms with Gasteiger partial charge >= 0.3 is 0 Å². The molecule has 4 nitrogen and oxygen atoms in total. The summed E-state index contributed by atoms with van der Waals surface area (Å²) in [7, 11) is 3.66. The Labute approximate surface area is 97.0 Å². The van der Waals surface area contributed by atoms with Crippen LogP contribution in [0.4, 0.5) is 5.69 Å². The number of hydrogen-bond donors (Lipinski definition) is 1. The fourth-order valence-corrected chi connectivity index (χ4v) is 1.62. The Balaban J connectivity index is 2.90. The lowest BCUT2D eigenvalue weighted by atomic mass is 10.1. The van der Waals surface area contributed by atoms with E-state index in [9.17, 15) is 4.79 Å².